The van der Waals surface area contributed by atoms with Crippen LogP contribution in [0.5, 0.6) is 5.75 Å². The van der Waals surface area contributed by atoms with Crippen LogP contribution in [0.25, 0.3) is 15.9 Å². The molecule has 9 nitrogen and oxygen atoms in total. The number of hydrogen-bond donors (Lipinski definition) is 0. The first-order valence-electron chi connectivity index (χ1n) is 11.8. The van der Waals surface area contributed by atoms with Gasteiger partial charge in [0.15, 0.2) is 0 Å². The Labute approximate surface area is 226 Å². The van der Waals surface area contributed by atoms with Crippen LogP contribution in [0.15, 0.2) is 52.1 Å². The molecule has 5 rings (SSSR count). The minimum absolute atomic E-state index is 0.0278. The molecular weight excluding hydrogens is 530 g/mol. The van der Waals surface area contributed by atoms with Crippen LogP contribution in [0, 0.1) is 0 Å². The maximum atomic E-state index is 14.0. The zero-order valence-corrected chi connectivity index (χ0v) is 22.5. The highest BCUT2D eigenvalue weighted by Gasteiger charge is 2.28. The summed E-state index contributed by atoms with van der Waals surface area (Å²) >= 11 is 7.54. The number of amides is 1. The quantitative estimate of drug-likeness (QED) is 0.350. The number of esters is 1. The molecule has 0 saturated heterocycles. The number of halogens is 1. The summed E-state index contributed by atoms with van der Waals surface area (Å²) in [6.45, 7) is 2.40. The largest absolute Gasteiger partial charge is 0.496 e. The summed E-state index contributed by atoms with van der Waals surface area (Å²) in [5.41, 5.74) is 1.06. The van der Waals surface area contributed by atoms with Crippen molar-refractivity contribution < 1.29 is 19.1 Å². The molecule has 2 aromatic carbocycles. The molecule has 196 valence electrons. The number of carbonyl (C=O) groups is 2. The van der Waals surface area contributed by atoms with Crippen molar-refractivity contribution in [1.29, 1.82) is 0 Å². The van der Waals surface area contributed by atoms with E-state index in [4.69, 9.17) is 21.1 Å². The van der Waals surface area contributed by atoms with E-state index in [1.54, 1.807) is 47.4 Å². The zero-order chi connectivity index (χ0) is 27.1. The van der Waals surface area contributed by atoms with Crippen molar-refractivity contribution in [1.82, 2.24) is 14.0 Å². The van der Waals surface area contributed by atoms with E-state index in [1.165, 1.54) is 37.0 Å². The third-order valence-corrected chi connectivity index (χ3v) is 8.14. The first-order chi connectivity index (χ1) is 18.2. The Hall–Kier alpha value is -3.89. The number of methoxy groups -OCH3 is 2. The number of benzene rings is 2. The molecule has 3 heterocycles. The molecule has 0 fully saturated rings. The predicted octanol–water partition coefficient (Wildman–Crippen LogP) is 3.62. The first kappa shape index (κ1) is 25.7. The number of rotatable bonds is 5. The standard InChI is InChI=1S/C27H24ClN3O6S/c1-15(32)29-10-9-20-22(14-29)38-25-23(20)24(33)31(19-6-4-5-18(28)12-19)27(35)30(25)13-17-11-16(26(34)37-3)7-8-21(17)36-2/h4-8,11-12H,9-10,13-14H2,1-3H3. The lowest BCUT2D eigenvalue weighted by Crippen LogP contribution is -2.39. The minimum Gasteiger partial charge on any atom is -0.496 e. The number of nitrogens with zero attached hydrogens (tertiary/aromatic N) is 3. The molecule has 1 aliphatic rings. The molecule has 2 aromatic heterocycles. The topological polar surface area (TPSA) is 99.8 Å². The Balaban J connectivity index is 1.79. The van der Waals surface area contributed by atoms with E-state index >= 15 is 0 Å². The van der Waals surface area contributed by atoms with Gasteiger partial charge in [-0.2, -0.15) is 0 Å². The lowest BCUT2D eigenvalue weighted by atomic mass is 10.1. The molecule has 4 aromatic rings. The molecule has 0 saturated carbocycles. The summed E-state index contributed by atoms with van der Waals surface area (Å²) in [5, 5.41) is 0.827. The van der Waals surface area contributed by atoms with Gasteiger partial charge in [0.1, 0.15) is 10.6 Å². The maximum Gasteiger partial charge on any atom is 0.337 e. The van der Waals surface area contributed by atoms with E-state index in [-0.39, 0.29) is 12.5 Å². The number of thiophene rings is 1. The molecule has 1 aliphatic heterocycles. The van der Waals surface area contributed by atoms with Gasteiger partial charge in [0, 0.05) is 28.9 Å². The summed E-state index contributed by atoms with van der Waals surface area (Å²) in [6.07, 6.45) is 0.499. The van der Waals surface area contributed by atoms with Gasteiger partial charge in [-0.3, -0.25) is 14.2 Å². The van der Waals surface area contributed by atoms with E-state index in [9.17, 15) is 19.2 Å². The Morgan fingerprint density at radius 2 is 1.89 bits per heavy atom. The predicted molar refractivity (Wildman–Crippen MR) is 145 cm³/mol. The average Bonchev–Trinajstić information content (AvgIpc) is 3.29. The fourth-order valence-corrected chi connectivity index (χ4v) is 6.31. The second kappa shape index (κ2) is 10.1. The van der Waals surface area contributed by atoms with E-state index in [0.29, 0.717) is 57.3 Å². The summed E-state index contributed by atoms with van der Waals surface area (Å²) in [5.74, 6) is -0.0975. The van der Waals surface area contributed by atoms with E-state index in [1.807, 2.05) is 0 Å². The normalized spacial score (nSPS) is 12.9. The Bertz CT molecular complexity index is 1720. The number of carbonyl (C=O) groups excluding carboxylic acids is 2. The first-order valence-corrected chi connectivity index (χ1v) is 13.0. The fourth-order valence-electron chi connectivity index (χ4n) is 4.77. The number of aromatic nitrogens is 2. The Morgan fingerprint density at radius 1 is 1.11 bits per heavy atom. The van der Waals surface area contributed by atoms with Crippen molar-refractivity contribution in [2.24, 2.45) is 0 Å². The summed E-state index contributed by atoms with van der Waals surface area (Å²) < 4.78 is 13.0. The SMILES string of the molecule is COC(=O)c1ccc(OC)c(Cn2c(=O)n(-c3cccc(Cl)c3)c(=O)c3c4c(sc32)CN(C(C)=O)CC4)c1. The van der Waals surface area contributed by atoms with Gasteiger partial charge >= 0.3 is 11.7 Å². The van der Waals surface area contributed by atoms with E-state index in [0.717, 1.165) is 15.0 Å². The van der Waals surface area contributed by atoms with Gasteiger partial charge in [-0.1, -0.05) is 17.7 Å². The van der Waals surface area contributed by atoms with Crippen molar-refractivity contribution in [3.05, 3.63) is 89.9 Å². The fraction of sp³-hybridized carbons (Fsp3) is 0.259. The highest BCUT2D eigenvalue weighted by molar-refractivity contribution is 7.18. The van der Waals surface area contributed by atoms with Gasteiger partial charge in [0.05, 0.1) is 43.9 Å². The number of fused-ring (bicyclic) bond motifs is 3. The average molecular weight is 554 g/mol. The van der Waals surface area contributed by atoms with Gasteiger partial charge in [0.25, 0.3) is 5.56 Å². The van der Waals surface area contributed by atoms with Crippen LogP contribution in [-0.4, -0.2) is 46.7 Å². The third-order valence-electron chi connectivity index (χ3n) is 6.66. The molecule has 0 unspecified atom stereocenters. The van der Waals surface area contributed by atoms with Gasteiger partial charge < -0.3 is 14.4 Å². The monoisotopic (exact) mass is 553 g/mol. The highest BCUT2D eigenvalue weighted by Crippen LogP contribution is 2.34. The molecule has 11 heteroatoms. The van der Waals surface area contributed by atoms with E-state index in [2.05, 4.69) is 0 Å². The second-order valence-corrected chi connectivity index (χ2v) is 10.4. The van der Waals surface area contributed by atoms with Gasteiger partial charge in [0.2, 0.25) is 5.91 Å². The molecular formula is C27H24ClN3O6S. The van der Waals surface area contributed by atoms with Crippen molar-refractivity contribution in [2.45, 2.75) is 26.4 Å². The van der Waals surface area contributed by atoms with E-state index < -0.39 is 17.2 Å². The van der Waals surface area contributed by atoms with Crippen LogP contribution in [-0.2, 0) is 29.0 Å². The molecule has 38 heavy (non-hydrogen) atoms. The Morgan fingerprint density at radius 3 is 2.58 bits per heavy atom. The van der Waals surface area contributed by atoms with Crippen molar-refractivity contribution >= 4 is 45.0 Å². The number of hydrogen-bond acceptors (Lipinski definition) is 7. The summed E-state index contributed by atoms with van der Waals surface area (Å²) in [4.78, 5) is 55.2. The van der Waals surface area contributed by atoms with Gasteiger partial charge in [-0.15, -0.1) is 11.3 Å². The Kier molecular flexibility index (Phi) is 6.85. The van der Waals surface area contributed by atoms with Crippen molar-refractivity contribution in [3.8, 4) is 11.4 Å². The molecule has 0 radical (unpaired) electrons. The lowest BCUT2D eigenvalue weighted by molar-refractivity contribution is -0.129. The minimum atomic E-state index is -0.558. The molecule has 0 atom stereocenters. The van der Waals surface area contributed by atoms with Gasteiger partial charge in [-0.05, 0) is 48.4 Å². The third kappa shape index (κ3) is 4.39. The summed E-state index contributed by atoms with van der Waals surface area (Å²) in [6, 6.07) is 11.4. The molecule has 0 N–H and O–H groups in total. The number of ether oxygens (including phenoxy) is 2. The maximum absolute atomic E-state index is 14.0. The molecule has 1 amide bonds. The van der Waals surface area contributed by atoms with Crippen LogP contribution in [0.4, 0.5) is 0 Å². The molecule has 0 aliphatic carbocycles. The summed E-state index contributed by atoms with van der Waals surface area (Å²) in [7, 11) is 2.80. The van der Waals surface area contributed by atoms with Crippen LogP contribution in [0.2, 0.25) is 5.02 Å². The molecule has 0 spiro atoms. The highest BCUT2D eigenvalue weighted by atomic mass is 35.5. The molecule has 0 bridgehead atoms. The lowest BCUT2D eigenvalue weighted by Gasteiger charge is -2.25. The van der Waals surface area contributed by atoms with Crippen molar-refractivity contribution in [3.63, 3.8) is 0 Å². The van der Waals surface area contributed by atoms with Crippen molar-refractivity contribution in [2.75, 3.05) is 20.8 Å². The van der Waals surface area contributed by atoms with Gasteiger partial charge in [-0.25, -0.2) is 14.2 Å². The van der Waals surface area contributed by atoms with Crippen LogP contribution in [0.1, 0.15) is 33.3 Å². The van der Waals surface area contributed by atoms with Crippen LogP contribution in [0.3, 0.4) is 0 Å². The second-order valence-electron chi connectivity index (χ2n) is 8.88. The smallest absolute Gasteiger partial charge is 0.337 e. The van der Waals surface area contributed by atoms with Crippen LogP contribution >= 0.6 is 22.9 Å². The zero-order valence-electron chi connectivity index (χ0n) is 20.9. The van der Waals surface area contributed by atoms with Crippen LogP contribution < -0.4 is 16.0 Å².